The number of amides is 1. The highest BCUT2D eigenvalue weighted by Gasteiger charge is 2.07. The van der Waals surface area contributed by atoms with Gasteiger partial charge in [0.1, 0.15) is 5.75 Å². The summed E-state index contributed by atoms with van der Waals surface area (Å²) in [5.74, 6) is 0.686. The molecule has 0 saturated carbocycles. The van der Waals surface area contributed by atoms with E-state index in [1.165, 1.54) is 0 Å². The Balaban J connectivity index is 1.91. The van der Waals surface area contributed by atoms with Gasteiger partial charge in [0.15, 0.2) is 0 Å². The van der Waals surface area contributed by atoms with Gasteiger partial charge >= 0.3 is 0 Å². The number of nitrogens with one attached hydrogen (secondary N) is 1. The molecular weight excluding hydrogens is 240 g/mol. The highest BCUT2D eigenvalue weighted by atomic mass is 16.5. The molecule has 0 fully saturated rings. The van der Waals surface area contributed by atoms with Gasteiger partial charge in [-0.1, -0.05) is 24.3 Å². The number of pyridine rings is 1. The molecule has 98 valence electrons. The van der Waals surface area contributed by atoms with E-state index in [0.717, 1.165) is 17.0 Å². The Bertz CT molecular complexity index is 541. The second-order valence-electron chi connectivity index (χ2n) is 4.09. The minimum absolute atomic E-state index is 0.0462. The maximum Gasteiger partial charge on any atom is 0.224 e. The van der Waals surface area contributed by atoms with Crippen molar-refractivity contribution in [2.24, 2.45) is 0 Å². The van der Waals surface area contributed by atoms with Gasteiger partial charge in [-0.05, 0) is 18.2 Å². The fourth-order valence-electron chi connectivity index (χ4n) is 1.78. The fourth-order valence-corrected chi connectivity index (χ4v) is 1.78. The number of benzene rings is 1. The molecule has 0 unspecified atom stereocenters. The number of para-hydroxylation sites is 1. The quantitative estimate of drug-likeness (QED) is 0.889. The summed E-state index contributed by atoms with van der Waals surface area (Å²) in [6.45, 7) is 0.439. The van der Waals surface area contributed by atoms with Gasteiger partial charge in [-0.25, -0.2) is 0 Å². The van der Waals surface area contributed by atoms with Gasteiger partial charge in [-0.15, -0.1) is 0 Å². The first-order valence-electron chi connectivity index (χ1n) is 6.08. The molecule has 2 aromatic rings. The van der Waals surface area contributed by atoms with Crippen LogP contribution < -0.4 is 10.1 Å². The van der Waals surface area contributed by atoms with E-state index in [-0.39, 0.29) is 5.91 Å². The van der Waals surface area contributed by atoms with Gasteiger partial charge in [0, 0.05) is 11.8 Å². The first-order valence-corrected chi connectivity index (χ1v) is 6.08. The van der Waals surface area contributed by atoms with Crippen molar-refractivity contribution < 1.29 is 9.53 Å². The van der Waals surface area contributed by atoms with E-state index in [9.17, 15) is 4.79 Å². The number of hydrogen-bond acceptors (Lipinski definition) is 3. The summed E-state index contributed by atoms with van der Waals surface area (Å²) in [4.78, 5) is 16.0. The number of carbonyl (C=O) groups excluding carboxylic acids is 1. The summed E-state index contributed by atoms with van der Waals surface area (Å²) in [5.41, 5.74) is 1.72. The van der Waals surface area contributed by atoms with E-state index in [1.807, 2.05) is 42.5 Å². The van der Waals surface area contributed by atoms with Gasteiger partial charge in [-0.3, -0.25) is 9.78 Å². The van der Waals surface area contributed by atoms with Gasteiger partial charge in [-0.2, -0.15) is 0 Å². The van der Waals surface area contributed by atoms with Crippen molar-refractivity contribution in [3.8, 4) is 5.75 Å². The van der Waals surface area contributed by atoms with Crippen LogP contribution in [0.5, 0.6) is 5.75 Å². The molecule has 1 heterocycles. The summed E-state index contributed by atoms with van der Waals surface area (Å²) in [7, 11) is 1.60. The van der Waals surface area contributed by atoms with Crippen LogP contribution in [0.4, 0.5) is 0 Å². The lowest BCUT2D eigenvalue weighted by Crippen LogP contribution is -2.25. The molecule has 0 saturated heterocycles. The van der Waals surface area contributed by atoms with Crippen molar-refractivity contribution >= 4 is 5.91 Å². The zero-order chi connectivity index (χ0) is 13.5. The van der Waals surface area contributed by atoms with E-state index >= 15 is 0 Å². The Kier molecular flexibility index (Phi) is 4.50. The molecular formula is C15H16N2O2. The van der Waals surface area contributed by atoms with Crippen LogP contribution in [0.2, 0.25) is 0 Å². The summed E-state index contributed by atoms with van der Waals surface area (Å²) >= 11 is 0. The Morgan fingerprint density at radius 1 is 1.21 bits per heavy atom. The molecule has 4 heteroatoms. The number of hydrogen-bond donors (Lipinski definition) is 1. The predicted octanol–water partition coefficient (Wildman–Crippen LogP) is 1.95. The normalized spacial score (nSPS) is 9.95. The van der Waals surface area contributed by atoms with Gasteiger partial charge < -0.3 is 10.1 Å². The Hall–Kier alpha value is -2.36. The van der Waals surface area contributed by atoms with Crippen LogP contribution >= 0.6 is 0 Å². The maximum absolute atomic E-state index is 11.9. The summed E-state index contributed by atoms with van der Waals surface area (Å²) in [6.07, 6.45) is 2.01. The molecule has 2 rings (SSSR count). The molecule has 0 bridgehead atoms. The van der Waals surface area contributed by atoms with E-state index < -0.39 is 0 Å². The minimum Gasteiger partial charge on any atom is -0.496 e. The van der Waals surface area contributed by atoms with E-state index in [0.29, 0.717) is 13.0 Å². The fraction of sp³-hybridized carbons (Fsp3) is 0.200. The maximum atomic E-state index is 11.9. The van der Waals surface area contributed by atoms with Crippen LogP contribution in [0.1, 0.15) is 11.3 Å². The molecule has 0 aliphatic carbocycles. The van der Waals surface area contributed by atoms with Crippen LogP contribution in [-0.4, -0.2) is 18.0 Å². The van der Waals surface area contributed by atoms with E-state index in [1.54, 1.807) is 13.3 Å². The average molecular weight is 256 g/mol. The van der Waals surface area contributed by atoms with E-state index in [2.05, 4.69) is 10.3 Å². The largest absolute Gasteiger partial charge is 0.496 e. The molecule has 0 atom stereocenters. The monoisotopic (exact) mass is 256 g/mol. The van der Waals surface area contributed by atoms with Crippen LogP contribution in [0.25, 0.3) is 0 Å². The summed E-state index contributed by atoms with van der Waals surface area (Å²) in [6, 6.07) is 13.1. The topological polar surface area (TPSA) is 51.2 Å². The molecule has 1 amide bonds. The van der Waals surface area contributed by atoms with Crippen LogP contribution in [0, 0.1) is 0 Å². The zero-order valence-corrected chi connectivity index (χ0v) is 10.8. The van der Waals surface area contributed by atoms with Gasteiger partial charge in [0.2, 0.25) is 5.91 Å². The Labute approximate surface area is 112 Å². The van der Waals surface area contributed by atoms with Crippen molar-refractivity contribution in [2.45, 2.75) is 13.0 Å². The minimum atomic E-state index is -0.0462. The number of aromatic nitrogens is 1. The Morgan fingerprint density at radius 3 is 2.74 bits per heavy atom. The lowest BCUT2D eigenvalue weighted by Gasteiger charge is -2.08. The lowest BCUT2D eigenvalue weighted by atomic mass is 10.1. The van der Waals surface area contributed by atoms with Crippen molar-refractivity contribution in [3.63, 3.8) is 0 Å². The molecule has 1 aromatic heterocycles. The number of rotatable bonds is 5. The molecule has 0 spiro atoms. The van der Waals surface area contributed by atoms with Crippen LogP contribution in [0.15, 0.2) is 48.7 Å². The van der Waals surface area contributed by atoms with Crippen molar-refractivity contribution in [1.82, 2.24) is 10.3 Å². The first kappa shape index (κ1) is 13.1. The zero-order valence-electron chi connectivity index (χ0n) is 10.8. The number of nitrogens with zero attached hydrogens (tertiary/aromatic N) is 1. The van der Waals surface area contributed by atoms with Crippen LogP contribution in [-0.2, 0) is 17.8 Å². The van der Waals surface area contributed by atoms with Crippen molar-refractivity contribution in [3.05, 3.63) is 59.9 Å². The number of carbonyl (C=O) groups is 1. The second kappa shape index (κ2) is 6.54. The molecule has 1 N–H and O–H groups in total. The summed E-state index contributed by atoms with van der Waals surface area (Å²) in [5, 5.41) is 2.84. The molecule has 1 aromatic carbocycles. The lowest BCUT2D eigenvalue weighted by molar-refractivity contribution is -0.120. The predicted molar refractivity (Wildman–Crippen MR) is 72.8 cm³/mol. The molecule has 0 aliphatic heterocycles. The Morgan fingerprint density at radius 2 is 2.00 bits per heavy atom. The molecule has 0 radical (unpaired) electrons. The molecule has 19 heavy (non-hydrogen) atoms. The number of ether oxygens (including phenoxy) is 1. The highest BCUT2D eigenvalue weighted by molar-refractivity contribution is 5.79. The van der Waals surface area contributed by atoms with Gasteiger partial charge in [0.05, 0.1) is 25.8 Å². The van der Waals surface area contributed by atoms with Crippen molar-refractivity contribution in [1.29, 1.82) is 0 Å². The summed E-state index contributed by atoms with van der Waals surface area (Å²) < 4.78 is 5.22. The standard InChI is InChI=1S/C15H16N2O2/c1-19-14-8-3-2-6-12(14)10-15(18)17-11-13-7-4-5-9-16-13/h2-9H,10-11H2,1H3,(H,17,18). The number of methoxy groups -OCH3 is 1. The van der Waals surface area contributed by atoms with Gasteiger partial charge in [0.25, 0.3) is 0 Å². The molecule has 0 aliphatic rings. The van der Waals surface area contributed by atoms with Crippen molar-refractivity contribution in [2.75, 3.05) is 7.11 Å². The third-order valence-corrected chi connectivity index (χ3v) is 2.74. The van der Waals surface area contributed by atoms with Crippen LogP contribution in [0.3, 0.4) is 0 Å². The first-order chi connectivity index (χ1) is 9.29. The highest BCUT2D eigenvalue weighted by Crippen LogP contribution is 2.17. The molecule has 4 nitrogen and oxygen atoms in total. The third kappa shape index (κ3) is 3.81. The second-order valence-corrected chi connectivity index (χ2v) is 4.09. The average Bonchev–Trinajstić information content (AvgIpc) is 2.47. The smallest absolute Gasteiger partial charge is 0.224 e. The third-order valence-electron chi connectivity index (χ3n) is 2.74. The SMILES string of the molecule is COc1ccccc1CC(=O)NCc1ccccn1. The van der Waals surface area contributed by atoms with E-state index in [4.69, 9.17) is 4.74 Å².